The molecule has 1 aromatic carbocycles. The van der Waals surface area contributed by atoms with Crippen LogP contribution in [0.2, 0.25) is 0 Å². The van der Waals surface area contributed by atoms with Crippen molar-refractivity contribution in [3.8, 4) is 0 Å². The fraction of sp³-hybridized carbons (Fsp3) is 0.500. The summed E-state index contributed by atoms with van der Waals surface area (Å²) in [6.07, 6.45) is 2.90. The normalized spacial score (nSPS) is 21.2. The van der Waals surface area contributed by atoms with Gasteiger partial charge in [0.2, 0.25) is 5.91 Å². The minimum absolute atomic E-state index is 0.0422. The van der Waals surface area contributed by atoms with Crippen LogP contribution in [-0.4, -0.2) is 34.3 Å². The van der Waals surface area contributed by atoms with Crippen molar-refractivity contribution in [3.05, 3.63) is 34.4 Å². The predicted octanol–water partition coefficient (Wildman–Crippen LogP) is 1.96. The number of amides is 1. The highest BCUT2D eigenvalue weighted by molar-refractivity contribution is 8.00. The van der Waals surface area contributed by atoms with E-state index in [1.807, 2.05) is 0 Å². The van der Waals surface area contributed by atoms with Gasteiger partial charge in [-0.3, -0.25) is 14.9 Å². The summed E-state index contributed by atoms with van der Waals surface area (Å²) in [4.78, 5) is 22.8. The lowest BCUT2D eigenvalue weighted by Gasteiger charge is -2.18. The van der Waals surface area contributed by atoms with E-state index in [1.54, 1.807) is 12.1 Å². The maximum Gasteiger partial charge on any atom is 0.269 e. The Morgan fingerprint density at radius 3 is 2.71 bits per heavy atom. The van der Waals surface area contributed by atoms with Crippen LogP contribution in [0, 0.1) is 16.0 Å². The minimum Gasteiger partial charge on any atom is -0.396 e. The summed E-state index contributed by atoms with van der Waals surface area (Å²) >= 11 is 1.34. The number of hydrogen-bond donors (Lipinski definition) is 2. The van der Waals surface area contributed by atoms with E-state index in [0.717, 1.165) is 24.2 Å². The number of aliphatic hydroxyl groups excluding tert-OH is 1. The van der Waals surface area contributed by atoms with Crippen LogP contribution in [0.5, 0.6) is 0 Å². The molecule has 2 atom stereocenters. The van der Waals surface area contributed by atoms with E-state index in [0.29, 0.717) is 0 Å². The average molecular weight is 310 g/mol. The minimum atomic E-state index is -0.448. The molecule has 0 aromatic heterocycles. The van der Waals surface area contributed by atoms with Gasteiger partial charge in [0.15, 0.2) is 0 Å². The number of benzene rings is 1. The SMILES string of the molecule is O=C(CSc1ccc([N+](=O)[O-])cc1)NC1CCCC1CO. The maximum atomic E-state index is 11.9. The summed E-state index contributed by atoms with van der Waals surface area (Å²) in [6.45, 7) is 0.112. The third-order valence-electron chi connectivity index (χ3n) is 3.66. The topological polar surface area (TPSA) is 92.5 Å². The van der Waals surface area contributed by atoms with Gasteiger partial charge in [-0.2, -0.15) is 0 Å². The van der Waals surface area contributed by atoms with E-state index in [2.05, 4.69) is 5.32 Å². The van der Waals surface area contributed by atoms with Crippen LogP contribution in [0.3, 0.4) is 0 Å². The van der Waals surface area contributed by atoms with E-state index < -0.39 is 4.92 Å². The van der Waals surface area contributed by atoms with Gasteiger partial charge in [-0.1, -0.05) is 6.42 Å². The first-order valence-electron chi connectivity index (χ1n) is 6.87. The fourth-order valence-corrected chi connectivity index (χ4v) is 3.22. The van der Waals surface area contributed by atoms with Gasteiger partial charge >= 0.3 is 0 Å². The second kappa shape index (κ2) is 7.42. The Morgan fingerprint density at radius 2 is 2.10 bits per heavy atom. The average Bonchev–Trinajstić information content (AvgIpc) is 2.92. The molecule has 0 bridgehead atoms. The first kappa shape index (κ1) is 15.8. The van der Waals surface area contributed by atoms with Crippen molar-refractivity contribution in [2.75, 3.05) is 12.4 Å². The summed E-state index contributed by atoms with van der Waals surface area (Å²) in [6, 6.07) is 6.21. The lowest BCUT2D eigenvalue weighted by molar-refractivity contribution is -0.384. The zero-order chi connectivity index (χ0) is 15.2. The Morgan fingerprint density at radius 1 is 1.38 bits per heavy atom. The molecule has 7 heteroatoms. The molecule has 114 valence electrons. The summed E-state index contributed by atoms with van der Waals surface area (Å²) in [7, 11) is 0. The molecule has 0 radical (unpaired) electrons. The van der Waals surface area contributed by atoms with Gasteiger partial charge in [0.05, 0.1) is 10.7 Å². The molecule has 1 fully saturated rings. The zero-order valence-corrected chi connectivity index (χ0v) is 12.3. The maximum absolute atomic E-state index is 11.9. The van der Waals surface area contributed by atoms with Crippen LogP contribution in [0.1, 0.15) is 19.3 Å². The number of hydrogen-bond acceptors (Lipinski definition) is 5. The van der Waals surface area contributed by atoms with Crippen LogP contribution in [0.25, 0.3) is 0 Å². The molecule has 1 amide bonds. The van der Waals surface area contributed by atoms with E-state index in [9.17, 15) is 20.0 Å². The van der Waals surface area contributed by atoms with Crippen molar-refractivity contribution in [2.45, 2.75) is 30.2 Å². The molecule has 2 rings (SSSR count). The molecular weight excluding hydrogens is 292 g/mol. The number of non-ortho nitro benzene ring substituents is 1. The molecule has 1 aliphatic rings. The Balaban J connectivity index is 1.79. The summed E-state index contributed by atoms with van der Waals surface area (Å²) in [5, 5.41) is 22.7. The van der Waals surface area contributed by atoms with Crippen LogP contribution in [0.15, 0.2) is 29.2 Å². The monoisotopic (exact) mass is 310 g/mol. The lowest BCUT2D eigenvalue weighted by atomic mass is 10.1. The van der Waals surface area contributed by atoms with Crippen molar-refractivity contribution in [1.29, 1.82) is 0 Å². The molecular formula is C14H18N2O4S. The highest BCUT2D eigenvalue weighted by atomic mass is 32.2. The molecule has 6 nitrogen and oxygen atoms in total. The Bertz CT molecular complexity index is 506. The van der Waals surface area contributed by atoms with Gasteiger partial charge in [0, 0.05) is 35.6 Å². The van der Waals surface area contributed by atoms with Crippen molar-refractivity contribution >= 4 is 23.4 Å². The summed E-state index contributed by atoms with van der Waals surface area (Å²) < 4.78 is 0. The molecule has 0 saturated heterocycles. The van der Waals surface area contributed by atoms with Crippen LogP contribution in [-0.2, 0) is 4.79 Å². The number of nitrogens with one attached hydrogen (secondary N) is 1. The highest BCUT2D eigenvalue weighted by Crippen LogP contribution is 2.25. The molecule has 0 aliphatic heterocycles. The predicted molar refractivity (Wildman–Crippen MR) is 80.2 cm³/mol. The Kier molecular flexibility index (Phi) is 5.58. The van der Waals surface area contributed by atoms with E-state index in [1.165, 1.54) is 23.9 Å². The smallest absolute Gasteiger partial charge is 0.269 e. The number of carbonyl (C=O) groups excluding carboxylic acids is 1. The van der Waals surface area contributed by atoms with Gasteiger partial charge in [-0.25, -0.2) is 0 Å². The van der Waals surface area contributed by atoms with Crippen LogP contribution >= 0.6 is 11.8 Å². The number of nitro groups is 1. The largest absolute Gasteiger partial charge is 0.396 e. The molecule has 2 N–H and O–H groups in total. The zero-order valence-electron chi connectivity index (χ0n) is 11.5. The number of carbonyl (C=O) groups is 1. The fourth-order valence-electron chi connectivity index (χ4n) is 2.51. The van der Waals surface area contributed by atoms with Crippen LogP contribution < -0.4 is 5.32 Å². The van der Waals surface area contributed by atoms with Crippen LogP contribution in [0.4, 0.5) is 5.69 Å². The van der Waals surface area contributed by atoms with Crippen molar-refractivity contribution < 1.29 is 14.8 Å². The van der Waals surface area contributed by atoms with Gasteiger partial charge in [0.1, 0.15) is 0 Å². The highest BCUT2D eigenvalue weighted by Gasteiger charge is 2.27. The quantitative estimate of drug-likeness (QED) is 0.476. The molecule has 2 unspecified atom stereocenters. The number of rotatable bonds is 6. The summed E-state index contributed by atoms with van der Waals surface area (Å²) in [5.41, 5.74) is 0.0422. The van der Waals surface area contributed by atoms with E-state index in [4.69, 9.17) is 0 Å². The number of thioether (sulfide) groups is 1. The summed E-state index contributed by atoms with van der Waals surface area (Å²) in [5.74, 6) is 0.369. The lowest BCUT2D eigenvalue weighted by Crippen LogP contribution is -2.39. The van der Waals surface area contributed by atoms with Gasteiger partial charge in [-0.15, -0.1) is 11.8 Å². The molecule has 1 saturated carbocycles. The Hall–Kier alpha value is -1.60. The number of nitro benzene ring substituents is 1. The standard InChI is InChI=1S/C14H18N2O4S/c17-8-10-2-1-3-13(10)15-14(18)9-21-12-6-4-11(5-7-12)16(19)20/h4-7,10,13,17H,1-3,8-9H2,(H,15,18). The van der Waals surface area contributed by atoms with E-state index in [-0.39, 0.29) is 35.9 Å². The number of nitrogens with zero attached hydrogens (tertiary/aromatic N) is 1. The Labute approximate surface area is 127 Å². The van der Waals surface area contributed by atoms with Crippen molar-refractivity contribution in [2.24, 2.45) is 5.92 Å². The molecule has 0 spiro atoms. The first-order chi connectivity index (χ1) is 10.1. The number of aliphatic hydroxyl groups is 1. The third kappa shape index (κ3) is 4.44. The first-order valence-corrected chi connectivity index (χ1v) is 7.86. The van der Waals surface area contributed by atoms with E-state index >= 15 is 0 Å². The van der Waals surface area contributed by atoms with Crippen molar-refractivity contribution in [3.63, 3.8) is 0 Å². The van der Waals surface area contributed by atoms with Gasteiger partial charge in [-0.05, 0) is 25.0 Å². The molecule has 1 aromatic rings. The molecule has 1 aliphatic carbocycles. The molecule has 21 heavy (non-hydrogen) atoms. The molecule has 0 heterocycles. The van der Waals surface area contributed by atoms with Gasteiger partial charge in [0.25, 0.3) is 5.69 Å². The van der Waals surface area contributed by atoms with Gasteiger partial charge < -0.3 is 10.4 Å². The van der Waals surface area contributed by atoms with Crippen molar-refractivity contribution in [1.82, 2.24) is 5.32 Å². The second-order valence-corrected chi connectivity index (χ2v) is 6.14. The second-order valence-electron chi connectivity index (χ2n) is 5.09. The third-order valence-corrected chi connectivity index (χ3v) is 4.67.